The number of nitrogens with one attached hydrogen (secondary N) is 1. The lowest BCUT2D eigenvalue weighted by Gasteiger charge is -2.13. The Bertz CT molecular complexity index is 924. The van der Waals surface area contributed by atoms with Gasteiger partial charge in [0.1, 0.15) is 5.75 Å². The summed E-state index contributed by atoms with van der Waals surface area (Å²) >= 11 is 0. The van der Waals surface area contributed by atoms with Gasteiger partial charge in [-0.3, -0.25) is 14.6 Å². The zero-order valence-corrected chi connectivity index (χ0v) is 11.1. The highest BCUT2D eigenvalue weighted by Crippen LogP contribution is 2.33. The predicted molar refractivity (Wildman–Crippen MR) is 76.0 cm³/mol. The van der Waals surface area contributed by atoms with Crippen LogP contribution in [-0.4, -0.2) is 28.6 Å². The number of aromatic amines is 1. The van der Waals surface area contributed by atoms with Crippen molar-refractivity contribution in [1.29, 1.82) is 0 Å². The second-order valence-electron chi connectivity index (χ2n) is 4.87. The molecule has 4 rings (SSSR count). The minimum Gasteiger partial charge on any atom is -0.497 e. The van der Waals surface area contributed by atoms with E-state index in [1.807, 2.05) is 0 Å². The Kier molecular flexibility index (Phi) is 2.27. The predicted octanol–water partition coefficient (Wildman–Crippen LogP) is 2.35. The van der Waals surface area contributed by atoms with Gasteiger partial charge in [-0.15, -0.1) is 0 Å². The van der Waals surface area contributed by atoms with E-state index >= 15 is 0 Å². The zero-order valence-electron chi connectivity index (χ0n) is 11.1. The highest BCUT2D eigenvalue weighted by Gasteiger charge is 2.33. The third-order valence-corrected chi connectivity index (χ3v) is 3.77. The molecule has 1 aliphatic carbocycles. The smallest absolute Gasteiger partial charge is 0.210 e. The standard InChI is InChI=1S/C16H10N2O3/c1-21-8-2-3-12-10(6-8)13-14(18-12)16(20)9-4-5-17-7-11(9)15(13)19/h2-7,18H,1H3. The molecule has 0 saturated carbocycles. The molecule has 102 valence electrons. The van der Waals surface area contributed by atoms with Gasteiger partial charge < -0.3 is 9.72 Å². The van der Waals surface area contributed by atoms with Crippen LogP contribution in [0.5, 0.6) is 5.75 Å². The lowest BCUT2D eigenvalue weighted by atomic mass is 9.88. The van der Waals surface area contributed by atoms with Crippen molar-refractivity contribution in [3.63, 3.8) is 0 Å². The summed E-state index contributed by atoms with van der Waals surface area (Å²) in [5, 5.41) is 0.692. The third-order valence-electron chi connectivity index (χ3n) is 3.77. The molecular weight excluding hydrogens is 268 g/mol. The molecule has 1 aromatic carbocycles. The summed E-state index contributed by atoms with van der Waals surface area (Å²) in [6, 6.07) is 6.92. The van der Waals surface area contributed by atoms with Crippen LogP contribution in [0, 0.1) is 0 Å². The van der Waals surface area contributed by atoms with Crippen molar-refractivity contribution in [1.82, 2.24) is 9.97 Å². The summed E-state index contributed by atoms with van der Waals surface area (Å²) in [4.78, 5) is 32.2. The van der Waals surface area contributed by atoms with Gasteiger partial charge in [0.2, 0.25) is 5.78 Å². The Morgan fingerprint density at radius 3 is 2.76 bits per heavy atom. The number of pyridine rings is 1. The fourth-order valence-electron chi connectivity index (χ4n) is 2.75. The molecule has 5 nitrogen and oxygen atoms in total. The summed E-state index contributed by atoms with van der Waals surface area (Å²) in [6.07, 6.45) is 2.96. The molecule has 0 amide bonds. The molecule has 5 heteroatoms. The first kappa shape index (κ1) is 11.8. The van der Waals surface area contributed by atoms with Crippen LogP contribution in [0.3, 0.4) is 0 Å². The molecule has 21 heavy (non-hydrogen) atoms. The molecule has 0 saturated heterocycles. The maximum atomic E-state index is 12.7. The molecule has 0 bridgehead atoms. The summed E-state index contributed by atoms with van der Waals surface area (Å²) in [5.41, 5.74) is 2.21. The number of carbonyl (C=O) groups excluding carboxylic acids is 2. The number of ketones is 2. The SMILES string of the molecule is COc1ccc2[nH]c3c(c2c1)C(=O)c1cnccc1C3=O. The first-order valence-corrected chi connectivity index (χ1v) is 6.44. The largest absolute Gasteiger partial charge is 0.497 e. The number of nitrogens with zero attached hydrogens (tertiary/aromatic N) is 1. The summed E-state index contributed by atoms with van der Waals surface area (Å²) in [5.74, 6) is 0.269. The average Bonchev–Trinajstić information content (AvgIpc) is 2.91. The molecule has 1 N–H and O–H groups in total. The van der Waals surface area contributed by atoms with Gasteiger partial charge in [-0.25, -0.2) is 0 Å². The van der Waals surface area contributed by atoms with E-state index in [-0.39, 0.29) is 11.6 Å². The van der Waals surface area contributed by atoms with Gasteiger partial charge in [-0.1, -0.05) is 0 Å². The van der Waals surface area contributed by atoms with Gasteiger partial charge in [-0.05, 0) is 24.3 Å². The number of rotatable bonds is 1. The number of aromatic nitrogens is 2. The van der Waals surface area contributed by atoms with E-state index in [0.717, 1.165) is 5.52 Å². The third kappa shape index (κ3) is 1.48. The van der Waals surface area contributed by atoms with Gasteiger partial charge in [0, 0.05) is 28.9 Å². The minimum atomic E-state index is -0.188. The number of H-pyrrole nitrogens is 1. The van der Waals surface area contributed by atoms with Crippen LogP contribution in [0.1, 0.15) is 32.0 Å². The topological polar surface area (TPSA) is 72.1 Å². The Balaban J connectivity index is 2.07. The van der Waals surface area contributed by atoms with Crippen LogP contribution < -0.4 is 4.74 Å². The van der Waals surface area contributed by atoms with Crippen LogP contribution >= 0.6 is 0 Å². The minimum absolute atomic E-state index is 0.183. The van der Waals surface area contributed by atoms with Crippen LogP contribution in [0.2, 0.25) is 0 Å². The lowest BCUT2D eigenvalue weighted by molar-refractivity contribution is 0.0977. The van der Waals surface area contributed by atoms with Crippen molar-refractivity contribution in [2.75, 3.05) is 7.11 Å². The molecule has 0 spiro atoms. The number of carbonyl (C=O) groups is 2. The maximum absolute atomic E-state index is 12.7. The number of ether oxygens (including phenoxy) is 1. The van der Waals surface area contributed by atoms with Gasteiger partial charge in [0.25, 0.3) is 0 Å². The van der Waals surface area contributed by atoms with E-state index in [1.165, 1.54) is 12.4 Å². The van der Waals surface area contributed by atoms with E-state index in [4.69, 9.17) is 4.74 Å². The first-order chi connectivity index (χ1) is 10.2. The molecule has 3 aromatic rings. The van der Waals surface area contributed by atoms with Crippen LogP contribution in [-0.2, 0) is 0 Å². The molecule has 0 unspecified atom stereocenters. The van der Waals surface area contributed by atoms with Crippen LogP contribution in [0.15, 0.2) is 36.7 Å². The van der Waals surface area contributed by atoms with Gasteiger partial charge in [0.05, 0.1) is 23.9 Å². The Hall–Kier alpha value is -2.95. The van der Waals surface area contributed by atoms with Crippen molar-refractivity contribution in [2.45, 2.75) is 0 Å². The molecule has 1 aliphatic rings. The molecular formula is C16H10N2O3. The Morgan fingerprint density at radius 1 is 1.10 bits per heavy atom. The first-order valence-electron chi connectivity index (χ1n) is 6.44. The molecule has 0 aliphatic heterocycles. The fourth-order valence-corrected chi connectivity index (χ4v) is 2.75. The average molecular weight is 278 g/mol. The molecule has 0 atom stereocenters. The van der Waals surface area contributed by atoms with E-state index in [9.17, 15) is 9.59 Å². The molecule has 2 heterocycles. The Morgan fingerprint density at radius 2 is 1.95 bits per heavy atom. The highest BCUT2D eigenvalue weighted by molar-refractivity contribution is 6.31. The Labute approximate surface area is 119 Å². The van der Waals surface area contributed by atoms with Gasteiger partial charge in [0.15, 0.2) is 5.78 Å². The second-order valence-corrected chi connectivity index (χ2v) is 4.87. The number of hydrogen-bond acceptors (Lipinski definition) is 4. The normalized spacial score (nSPS) is 13.2. The number of benzene rings is 1. The number of methoxy groups -OCH3 is 1. The molecule has 0 radical (unpaired) electrons. The lowest BCUT2D eigenvalue weighted by Crippen LogP contribution is -2.20. The highest BCUT2D eigenvalue weighted by atomic mass is 16.5. The van der Waals surface area contributed by atoms with Crippen molar-refractivity contribution in [3.05, 3.63) is 59.0 Å². The van der Waals surface area contributed by atoms with Crippen LogP contribution in [0.25, 0.3) is 10.9 Å². The van der Waals surface area contributed by atoms with Crippen molar-refractivity contribution >= 4 is 22.5 Å². The van der Waals surface area contributed by atoms with E-state index < -0.39 is 0 Å². The summed E-state index contributed by atoms with van der Waals surface area (Å²) in [7, 11) is 1.56. The monoisotopic (exact) mass is 278 g/mol. The van der Waals surface area contributed by atoms with Crippen molar-refractivity contribution in [2.24, 2.45) is 0 Å². The zero-order chi connectivity index (χ0) is 14.6. The fraction of sp³-hybridized carbons (Fsp3) is 0.0625. The van der Waals surface area contributed by atoms with E-state index in [1.54, 1.807) is 31.4 Å². The molecule has 2 aromatic heterocycles. The number of hydrogen-bond donors (Lipinski definition) is 1. The van der Waals surface area contributed by atoms with E-state index in [0.29, 0.717) is 33.5 Å². The van der Waals surface area contributed by atoms with Crippen LogP contribution in [0.4, 0.5) is 0 Å². The summed E-state index contributed by atoms with van der Waals surface area (Å²) in [6.45, 7) is 0. The van der Waals surface area contributed by atoms with Gasteiger partial charge >= 0.3 is 0 Å². The summed E-state index contributed by atoms with van der Waals surface area (Å²) < 4.78 is 5.19. The van der Waals surface area contributed by atoms with Crippen molar-refractivity contribution in [3.8, 4) is 5.75 Å². The maximum Gasteiger partial charge on any atom is 0.210 e. The molecule has 0 fully saturated rings. The second kappa shape index (κ2) is 4.02. The van der Waals surface area contributed by atoms with E-state index in [2.05, 4.69) is 9.97 Å². The van der Waals surface area contributed by atoms with Crippen molar-refractivity contribution < 1.29 is 14.3 Å². The quantitative estimate of drug-likeness (QED) is 0.580. The number of fused-ring (bicyclic) bond motifs is 4. The van der Waals surface area contributed by atoms with Gasteiger partial charge in [-0.2, -0.15) is 0 Å².